The largest absolute Gasteiger partial charge is 0.508 e. The number of aromatic hydroxyl groups is 1. The van der Waals surface area contributed by atoms with Crippen LogP contribution < -0.4 is 70.8 Å². The zero-order valence-corrected chi connectivity index (χ0v) is 49.8. The van der Waals surface area contributed by atoms with Gasteiger partial charge in [-0.1, -0.05) is 83.5 Å². The number of nitrogens with two attached hydrogens (primary N) is 4. The van der Waals surface area contributed by atoms with E-state index in [4.69, 9.17) is 39.2 Å². The molecule has 4 rings (SSSR count). The SMILES string of the molecule is CC(C)[C@H](NC(=O)[C@H](CCCNC(=N)N)NC(=O)[C@@H](N)CC(N)=O)C(=O)N[C@@H](Cc1ccc(O)cc1)C(=O)N[C@H](C(=O)N[C@@H](Cc1cnc[nH]1)C(=O)N1CCC[C@H]1C(=O)N[C@@H](Cc1ccccc1)C(=O)O)C(C)C.CCCCNC(=N)NC(=N)N.Cl. The number of amides is 8. The summed E-state index contributed by atoms with van der Waals surface area (Å²) in [6, 6.07) is 4.15. The molecule has 3 aromatic rings. The number of phenolic OH excluding ortho intramolecular Hbond substituents is 1. The number of phenols is 1. The van der Waals surface area contributed by atoms with Gasteiger partial charge < -0.3 is 85.6 Å². The van der Waals surface area contributed by atoms with Gasteiger partial charge >= 0.3 is 5.97 Å². The number of hydrogen-bond donors (Lipinski definition) is 19. The molecule has 1 saturated heterocycles. The standard InChI is InChI=1S/C49H70N14O11.C6H15N5.ClH/c1-26(2)39(61-42(67)33(12-8-18-55-49(52)53)57-41(66)32(50)23-38(51)65)45(70)58-34(20-29-14-16-31(64)17-15-29)43(68)62-40(27(3)4)46(71)59-35(22-30-24-54-25-56-30)47(72)63-19-9-13-37(63)44(69)60-36(48(73)74)21-28-10-6-5-7-11-28;1-2-3-4-10-6(9)11-5(7)8;/h5-7,10-11,14-17,24-27,32-37,39-40,64H,8-9,12-13,18-23,50H2,1-4H3,(H2,51,65)(H,54,56)(H,57,66)(H,58,70)(H,59,71)(H,60,69)(H,61,67)(H,62,68)(H,73,74)(H4,52,53,55);2-4H2,1H3,(H6,7,8,9,10,11);1H/t32-,33-,34-,35-,36-,37-,39-,40-;;/m0../s1. The number of guanidine groups is 3. The monoisotopic (exact) mass is 1220 g/mol. The van der Waals surface area contributed by atoms with Crippen LogP contribution >= 0.6 is 12.4 Å². The second-order valence-corrected chi connectivity index (χ2v) is 21.0. The molecule has 30 nitrogen and oxygen atoms in total. The molecule has 86 heavy (non-hydrogen) atoms. The van der Waals surface area contributed by atoms with E-state index in [-0.39, 0.29) is 87.6 Å². The number of nitrogens with one attached hydrogen (secondary N) is 13. The van der Waals surface area contributed by atoms with Gasteiger partial charge in [0.25, 0.3) is 0 Å². The fourth-order valence-electron chi connectivity index (χ4n) is 8.77. The average molecular weight is 1220 g/mol. The van der Waals surface area contributed by atoms with E-state index in [0.29, 0.717) is 23.2 Å². The summed E-state index contributed by atoms with van der Waals surface area (Å²) in [5.74, 6) is -9.30. The lowest BCUT2D eigenvalue weighted by Crippen LogP contribution is -2.62. The van der Waals surface area contributed by atoms with E-state index in [2.05, 4.69) is 64.7 Å². The lowest BCUT2D eigenvalue weighted by molar-refractivity contribution is -0.145. The van der Waals surface area contributed by atoms with Crippen LogP contribution in [0.5, 0.6) is 5.75 Å². The smallest absolute Gasteiger partial charge is 0.326 e. The van der Waals surface area contributed by atoms with Crippen LogP contribution in [0, 0.1) is 28.1 Å². The summed E-state index contributed by atoms with van der Waals surface area (Å²) in [5.41, 5.74) is 23.0. The van der Waals surface area contributed by atoms with Crippen molar-refractivity contribution in [2.75, 3.05) is 19.6 Å². The molecule has 8 atom stereocenters. The zero-order valence-electron chi connectivity index (χ0n) is 49.0. The third-order valence-electron chi connectivity index (χ3n) is 13.3. The normalized spacial score (nSPS) is 14.9. The lowest BCUT2D eigenvalue weighted by atomic mass is 9.98. The van der Waals surface area contributed by atoms with Crippen molar-refractivity contribution in [1.29, 1.82) is 16.2 Å². The molecule has 2 heterocycles. The van der Waals surface area contributed by atoms with E-state index < -0.39 is 120 Å². The molecule has 474 valence electrons. The summed E-state index contributed by atoms with van der Waals surface area (Å²) in [4.78, 5) is 130. The number of benzene rings is 2. The van der Waals surface area contributed by atoms with E-state index in [9.17, 15) is 53.4 Å². The number of primary amides is 1. The third kappa shape index (κ3) is 25.8. The van der Waals surface area contributed by atoms with E-state index in [1.807, 2.05) is 0 Å². The predicted molar refractivity (Wildman–Crippen MR) is 322 cm³/mol. The predicted octanol–water partition coefficient (Wildman–Crippen LogP) is -1.88. The summed E-state index contributed by atoms with van der Waals surface area (Å²) in [6.45, 7) is 9.64. The number of carbonyl (C=O) groups is 9. The average Bonchev–Trinajstić information content (AvgIpc) is 2.52. The first-order valence-corrected chi connectivity index (χ1v) is 27.9. The van der Waals surface area contributed by atoms with E-state index in [1.165, 1.54) is 41.7 Å². The summed E-state index contributed by atoms with van der Waals surface area (Å²) in [5, 5.41) is 64.9. The molecule has 2 aromatic carbocycles. The second-order valence-electron chi connectivity index (χ2n) is 21.0. The Kier molecular flexibility index (Phi) is 31.7. The number of likely N-dealkylation sites (tertiary alicyclic amines) is 1. The van der Waals surface area contributed by atoms with E-state index in [0.717, 1.165) is 19.4 Å². The number of halogens is 1. The topological polar surface area (TPSA) is 510 Å². The highest BCUT2D eigenvalue weighted by molar-refractivity contribution is 5.98. The highest BCUT2D eigenvalue weighted by atomic mass is 35.5. The van der Waals surface area contributed by atoms with Crippen molar-refractivity contribution >= 4 is 83.5 Å². The number of rotatable bonds is 31. The Morgan fingerprint density at radius 2 is 1.24 bits per heavy atom. The number of aromatic nitrogens is 2. The van der Waals surface area contributed by atoms with Crippen molar-refractivity contribution in [3.8, 4) is 5.75 Å². The minimum absolute atomic E-state index is 0. The van der Waals surface area contributed by atoms with Crippen molar-refractivity contribution in [2.45, 2.75) is 147 Å². The Bertz CT molecular complexity index is 2740. The van der Waals surface area contributed by atoms with Gasteiger partial charge in [-0.15, -0.1) is 12.4 Å². The Labute approximate surface area is 505 Å². The molecule has 0 saturated carbocycles. The van der Waals surface area contributed by atoms with Gasteiger partial charge in [-0.05, 0) is 67.2 Å². The molecule has 0 radical (unpaired) electrons. The quantitative estimate of drug-likeness (QED) is 0.0190. The molecule has 31 heteroatoms. The summed E-state index contributed by atoms with van der Waals surface area (Å²) >= 11 is 0. The molecule has 23 N–H and O–H groups in total. The van der Waals surface area contributed by atoms with E-state index >= 15 is 0 Å². The molecule has 1 aromatic heterocycles. The third-order valence-corrected chi connectivity index (χ3v) is 13.3. The molecule has 1 aliphatic heterocycles. The molecule has 0 aliphatic carbocycles. The van der Waals surface area contributed by atoms with Gasteiger partial charge in [0.1, 0.15) is 48.0 Å². The molecule has 1 fully saturated rings. The fourth-order valence-corrected chi connectivity index (χ4v) is 8.77. The van der Waals surface area contributed by atoms with Gasteiger partial charge in [0.05, 0.1) is 18.8 Å². The Hall–Kier alpha value is -9.06. The van der Waals surface area contributed by atoms with Crippen LogP contribution in [-0.4, -0.2) is 164 Å². The highest BCUT2D eigenvalue weighted by Gasteiger charge is 2.41. The van der Waals surface area contributed by atoms with Gasteiger partial charge in [0.2, 0.25) is 47.3 Å². The number of nitrogens with zero attached hydrogens (tertiary/aromatic N) is 2. The van der Waals surface area contributed by atoms with Crippen LogP contribution in [0.3, 0.4) is 0 Å². The molecule has 0 spiro atoms. The maximum absolute atomic E-state index is 14.5. The Balaban J connectivity index is 0.00000190. The summed E-state index contributed by atoms with van der Waals surface area (Å²) in [6.07, 6.45) is 4.97. The van der Waals surface area contributed by atoms with E-state index in [1.54, 1.807) is 58.0 Å². The number of carboxylic acid groups (broad SMARTS) is 1. The van der Waals surface area contributed by atoms with Gasteiger partial charge in [0.15, 0.2) is 17.9 Å². The van der Waals surface area contributed by atoms with Crippen molar-refractivity contribution < 1.29 is 53.4 Å². The molecule has 1 aliphatic rings. The van der Waals surface area contributed by atoms with Crippen LogP contribution in [-0.2, 0) is 62.4 Å². The first-order chi connectivity index (χ1) is 40.2. The zero-order chi connectivity index (χ0) is 63.3. The van der Waals surface area contributed by atoms with Crippen LogP contribution in [0.15, 0.2) is 67.1 Å². The number of aromatic amines is 1. The number of imidazole rings is 1. The second kappa shape index (κ2) is 37.3. The number of H-pyrrole nitrogens is 1. The van der Waals surface area contributed by atoms with Crippen molar-refractivity contribution in [2.24, 2.45) is 34.8 Å². The van der Waals surface area contributed by atoms with Gasteiger partial charge in [-0.2, -0.15) is 0 Å². The van der Waals surface area contributed by atoms with Crippen LogP contribution in [0.1, 0.15) is 96.4 Å². The molecule has 0 bridgehead atoms. The summed E-state index contributed by atoms with van der Waals surface area (Å²) in [7, 11) is 0. The lowest BCUT2D eigenvalue weighted by Gasteiger charge is -2.31. The Morgan fingerprint density at radius 1 is 0.686 bits per heavy atom. The first-order valence-electron chi connectivity index (χ1n) is 27.9. The van der Waals surface area contributed by atoms with Crippen molar-refractivity contribution in [1.82, 2.24) is 62.7 Å². The number of aliphatic carboxylic acids is 1. The minimum Gasteiger partial charge on any atom is -0.508 e. The van der Waals surface area contributed by atoms with Gasteiger partial charge in [-0.3, -0.25) is 59.9 Å². The highest BCUT2D eigenvalue weighted by Crippen LogP contribution is 2.21. The molecular formula is C55H86ClN19O11. The molecule has 8 amide bonds. The minimum atomic E-state index is -1.41. The number of carboxylic acids is 1. The Morgan fingerprint density at radius 3 is 1.78 bits per heavy atom. The van der Waals surface area contributed by atoms with Crippen molar-refractivity contribution in [3.05, 3.63) is 83.9 Å². The number of unbranched alkanes of at least 4 members (excludes halogenated alkanes) is 1. The molecule has 0 unspecified atom stereocenters. The number of hydrogen-bond acceptors (Lipinski definition) is 15. The van der Waals surface area contributed by atoms with Crippen LogP contribution in [0.25, 0.3) is 0 Å². The van der Waals surface area contributed by atoms with Gasteiger partial charge in [-0.25, -0.2) is 9.78 Å². The van der Waals surface area contributed by atoms with Crippen LogP contribution in [0.4, 0.5) is 0 Å². The van der Waals surface area contributed by atoms with Gasteiger partial charge in [0, 0.05) is 50.8 Å². The fraction of sp³-hybridized carbons (Fsp3) is 0.509. The maximum Gasteiger partial charge on any atom is 0.326 e. The number of carbonyl (C=O) groups excluding carboxylic acids is 8. The maximum atomic E-state index is 14.5. The van der Waals surface area contributed by atoms with Crippen LogP contribution in [0.2, 0.25) is 0 Å². The van der Waals surface area contributed by atoms with Crippen molar-refractivity contribution in [3.63, 3.8) is 0 Å². The summed E-state index contributed by atoms with van der Waals surface area (Å²) < 4.78 is 0. The molecular weight excluding hydrogens is 1140 g/mol. The first kappa shape index (κ1) is 73.0.